The SMILES string of the molecule is CCOC(=O)CCN(Cc1ccc2[nH]c(CN(C(=N)N)c3ccccc3)nc2c1C)c1ccccn1.Cl. The van der Waals surface area contributed by atoms with Gasteiger partial charge in [-0.15, -0.1) is 12.4 Å². The largest absolute Gasteiger partial charge is 0.466 e. The molecule has 10 heteroatoms. The summed E-state index contributed by atoms with van der Waals surface area (Å²) in [5, 5.41) is 8.02. The van der Waals surface area contributed by atoms with E-state index in [0.717, 1.165) is 33.7 Å². The number of aromatic nitrogens is 3. The van der Waals surface area contributed by atoms with Crippen molar-refractivity contribution in [2.75, 3.05) is 23.0 Å². The van der Waals surface area contributed by atoms with Gasteiger partial charge < -0.3 is 25.3 Å². The number of rotatable bonds is 10. The number of nitrogens with two attached hydrogens (primary N) is 1. The number of para-hydroxylation sites is 1. The number of imidazole rings is 1. The summed E-state index contributed by atoms with van der Waals surface area (Å²) in [5.74, 6) is 1.24. The summed E-state index contributed by atoms with van der Waals surface area (Å²) in [4.78, 5) is 28.5. The minimum atomic E-state index is -0.226. The van der Waals surface area contributed by atoms with Gasteiger partial charge in [0, 0.05) is 25.0 Å². The standard InChI is InChI=1S/C27H31N7O2.ClH/c1-3-36-25(35)14-16-33(24-11-7-8-15-30-24)17-20-12-13-22-26(19(20)2)32-23(31-22)18-34(27(28)29)21-9-5-4-6-10-21;/h4-13,15H,3,14,16-18H2,1-2H3,(H3,28,29)(H,31,32);1H. The van der Waals surface area contributed by atoms with Gasteiger partial charge >= 0.3 is 5.97 Å². The van der Waals surface area contributed by atoms with Crippen molar-refractivity contribution >= 4 is 46.9 Å². The zero-order chi connectivity index (χ0) is 25.5. The third-order valence-corrected chi connectivity index (χ3v) is 5.96. The van der Waals surface area contributed by atoms with Crippen molar-refractivity contribution in [2.45, 2.75) is 33.4 Å². The van der Waals surface area contributed by atoms with Crippen molar-refractivity contribution in [3.05, 3.63) is 83.8 Å². The lowest BCUT2D eigenvalue weighted by Crippen LogP contribution is -2.36. The van der Waals surface area contributed by atoms with E-state index in [2.05, 4.69) is 20.9 Å². The maximum Gasteiger partial charge on any atom is 0.307 e. The highest BCUT2D eigenvalue weighted by Crippen LogP contribution is 2.24. The molecule has 4 rings (SSSR count). The molecule has 0 aliphatic heterocycles. The number of ether oxygens (including phenoxy) is 1. The van der Waals surface area contributed by atoms with Crippen LogP contribution in [0.4, 0.5) is 11.5 Å². The fraction of sp³-hybridized carbons (Fsp3) is 0.259. The monoisotopic (exact) mass is 521 g/mol. The van der Waals surface area contributed by atoms with Gasteiger partial charge in [0.05, 0.1) is 30.6 Å². The Morgan fingerprint density at radius 3 is 2.51 bits per heavy atom. The summed E-state index contributed by atoms with van der Waals surface area (Å²) in [5.41, 5.74) is 10.6. The van der Waals surface area contributed by atoms with Gasteiger partial charge in [-0.1, -0.05) is 30.3 Å². The van der Waals surface area contributed by atoms with Crippen molar-refractivity contribution in [1.29, 1.82) is 5.41 Å². The first-order chi connectivity index (χ1) is 17.5. The number of benzene rings is 2. The number of esters is 1. The molecule has 9 nitrogen and oxygen atoms in total. The molecule has 0 aliphatic rings. The number of hydrogen-bond acceptors (Lipinski definition) is 6. The maximum absolute atomic E-state index is 12.0. The second-order valence-electron chi connectivity index (χ2n) is 8.40. The molecule has 0 bridgehead atoms. The normalized spacial score (nSPS) is 10.5. The van der Waals surface area contributed by atoms with Crippen LogP contribution in [0.25, 0.3) is 11.0 Å². The third kappa shape index (κ3) is 6.77. The van der Waals surface area contributed by atoms with Crippen LogP contribution in [0.3, 0.4) is 0 Å². The highest BCUT2D eigenvalue weighted by atomic mass is 35.5. The topological polar surface area (TPSA) is 124 Å². The highest BCUT2D eigenvalue weighted by Gasteiger charge is 2.17. The molecule has 0 atom stereocenters. The van der Waals surface area contributed by atoms with Gasteiger partial charge in [0.2, 0.25) is 0 Å². The second-order valence-corrected chi connectivity index (χ2v) is 8.40. The molecule has 2 aromatic heterocycles. The Labute approximate surface area is 222 Å². The molecule has 4 N–H and O–H groups in total. The van der Waals surface area contributed by atoms with Crippen molar-refractivity contribution in [3.8, 4) is 0 Å². The average Bonchev–Trinajstić information content (AvgIpc) is 3.31. The Morgan fingerprint density at radius 2 is 1.84 bits per heavy atom. The number of aryl methyl sites for hydroxylation is 1. The second kappa shape index (κ2) is 12.7. The summed E-state index contributed by atoms with van der Waals surface area (Å²) in [6, 6.07) is 19.4. The minimum Gasteiger partial charge on any atom is -0.466 e. The summed E-state index contributed by atoms with van der Waals surface area (Å²) in [6.07, 6.45) is 2.02. The van der Waals surface area contributed by atoms with Crippen LogP contribution in [0.5, 0.6) is 0 Å². The predicted molar refractivity (Wildman–Crippen MR) is 149 cm³/mol. The predicted octanol–water partition coefficient (Wildman–Crippen LogP) is 4.55. The minimum absolute atomic E-state index is 0. The van der Waals surface area contributed by atoms with Crippen molar-refractivity contribution < 1.29 is 9.53 Å². The fourth-order valence-electron chi connectivity index (χ4n) is 4.11. The summed E-state index contributed by atoms with van der Waals surface area (Å²) in [6.45, 7) is 5.63. The number of carbonyl (C=O) groups excluding carboxylic acids is 1. The zero-order valence-electron chi connectivity index (χ0n) is 21.0. The number of pyridine rings is 1. The Bertz CT molecular complexity index is 1330. The number of guanidine groups is 1. The first-order valence-corrected chi connectivity index (χ1v) is 11.9. The lowest BCUT2D eigenvalue weighted by molar-refractivity contribution is -0.142. The van der Waals surface area contributed by atoms with E-state index in [1.807, 2.05) is 61.5 Å². The van der Waals surface area contributed by atoms with E-state index < -0.39 is 0 Å². The summed E-state index contributed by atoms with van der Waals surface area (Å²) in [7, 11) is 0. The average molecular weight is 522 g/mol. The molecule has 0 saturated carbocycles. The van der Waals surface area contributed by atoms with E-state index in [-0.39, 0.29) is 30.8 Å². The number of carbonyl (C=O) groups is 1. The molecule has 0 aliphatic carbocycles. The smallest absolute Gasteiger partial charge is 0.307 e. The molecule has 2 aromatic carbocycles. The highest BCUT2D eigenvalue weighted by molar-refractivity contribution is 5.92. The number of anilines is 2. The molecule has 0 spiro atoms. The molecule has 0 amide bonds. The molecule has 194 valence electrons. The summed E-state index contributed by atoms with van der Waals surface area (Å²) >= 11 is 0. The maximum atomic E-state index is 12.0. The van der Waals surface area contributed by atoms with Gasteiger partial charge in [-0.05, 0) is 55.3 Å². The molecule has 0 fully saturated rings. The number of H-pyrrole nitrogens is 1. The van der Waals surface area contributed by atoms with E-state index >= 15 is 0 Å². The van der Waals surface area contributed by atoms with Gasteiger partial charge in [-0.3, -0.25) is 10.2 Å². The van der Waals surface area contributed by atoms with Gasteiger partial charge in [0.25, 0.3) is 0 Å². The molecule has 0 saturated heterocycles. The molecule has 0 unspecified atom stereocenters. The van der Waals surface area contributed by atoms with Crippen LogP contribution in [-0.4, -0.2) is 40.0 Å². The Morgan fingerprint density at radius 1 is 1.08 bits per heavy atom. The van der Waals surface area contributed by atoms with Crippen molar-refractivity contribution in [1.82, 2.24) is 15.0 Å². The van der Waals surface area contributed by atoms with Gasteiger partial charge in [-0.2, -0.15) is 0 Å². The van der Waals surface area contributed by atoms with Gasteiger partial charge in [-0.25, -0.2) is 9.97 Å². The first kappa shape index (κ1) is 27.5. The van der Waals surface area contributed by atoms with Crippen LogP contribution in [0.1, 0.15) is 30.3 Å². The summed E-state index contributed by atoms with van der Waals surface area (Å²) < 4.78 is 5.11. The fourth-order valence-corrected chi connectivity index (χ4v) is 4.11. The van der Waals surface area contributed by atoms with E-state index in [4.69, 9.17) is 20.9 Å². The van der Waals surface area contributed by atoms with Crippen LogP contribution >= 0.6 is 12.4 Å². The van der Waals surface area contributed by atoms with Crippen LogP contribution in [-0.2, 0) is 22.6 Å². The van der Waals surface area contributed by atoms with E-state index in [0.29, 0.717) is 32.1 Å². The van der Waals surface area contributed by atoms with Crippen LogP contribution in [0, 0.1) is 12.3 Å². The van der Waals surface area contributed by atoms with E-state index in [1.54, 1.807) is 18.0 Å². The molecule has 0 radical (unpaired) electrons. The molecular weight excluding hydrogens is 490 g/mol. The zero-order valence-corrected chi connectivity index (χ0v) is 21.8. The number of hydrogen-bond donors (Lipinski definition) is 3. The van der Waals surface area contributed by atoms with E-state index in [9.17, 15) is 4.79 Å². The Kier molecular flexibility index (Phi) is 9.45. The van der Waals surface area contributed by atoms with Crippen LogP contribution < -0.4 is 15.5 Å². The lowest BCUT2D eigenvalue weighted by atomic mass is 10.1. The first-order valence-electron chi connectivity index (χ1n) is 11.9. The number of nitrogens with zero attached hydrogens (tertiary/aromatic N) is 4. The van der Waals surface area contributed by atoms with Crippen molar-refractivity contribution in [3.63, 3.8) is 0 Å². The van der Waals surface area contributed by atoms with Gasteiger partial charge in [0.1, 0.15) is 11.6 Å². The quantitative estimate of drug-likeness (QED) is 0.159. The van der Waals surface area contributed by atoms with Crippen molar-refractivity contribution in [2.24, 2.45) is 5.73 Å². The van der Waals surface area contributed by atoms with Crippen LogP contribution in [0.2, 0.25) is 0 Å². The number of halogens is 1. The molecule has 2 heterocycles. The molecule has 4 aromatic rings. The third-order valence-electron chi connectivity index (χ3n) is 5.96. The Hall–Kier alpha value is -4.11. The number of aromatic amines is 1. The number of fused-ring (bicyclic) bond motifs is 1. The lowest BCUT2D eigenvalue weighted by Gasteiger charge is -2.24. The molecule has 37 heavy (non-hydrogen) atoms. The Balaban J connectivity index is 0.00000380. The number of nitrogens with one attached hydrogen (secondary N) is 2. The van der Waals surface area contributed by atoms with E-state index in [1.165, 1.54) is 0 Å². The van der Waals surface area contributed by atoms with Crippen LogP contribution in [0.15, 0.2) is 66.9 Å². The molecular formula is C27H32ClN7O2. The van der Waals surface area contributed by atoms with Gasteiger partial charge in [0.15, 0.2) is 5.96 Å².